The highest BCUT2D eigenvalue weighted by Crippen LogP contribution is 2.32. The minimum absolute atomic E-state index is 0.0252. The van der Waals surface area contributed by atoms with E-state index in [0.29, 0.717) is 35.5 Å². The van der Waals surface area contributed by atoms with Crippen LogP contribution in [-0.2, 0) is 6.42 Å². The van der Waals surface area contributed by atoms with Crippen LogP contribution in [0.4, 0.5) is 4.39 Å². The third kappa shape index (κ3) is 4.52. The maximum Gasteiger partial charge on any atom is 0.261 e. The summed E-state index contributed by atoms with van der Waals surface area (Å²) in [4.78, 5) is 22.2. The van der Waals surface area contributed by atoms with Crippen molar-refractivity contribution in [2.24, 2.45) is 11.8 Å². The van der Waals surface area contributed by atoms with Gasteiger partial charge in [0.2, 0.25) is 0 Å². The molecule has 1 aromatic carbocycles. The number of aromatic nitrogens is 2. The van der Waals surface area contributed by atoms with Gasteiger partial charge in [-0.15, -0.1) is 0 Å². The number of piperidine rings is 2. The number of H-pyrrole nitrogens is 1. The number of likely N-dealkylation sites (tertiary alicyclic amines) is 1. The largest absolute Gasteiger partial charge is 0.493 e. The molecule has 0 radical (unpaired) electrons. The molecule has 3 aliphatic rings. The fraction of sp³-hybridized carbons (Fsp3) is 0.652. The molecule has 3 heterocycles. The van der Waals surface area contributed by atoms with Gasteiger partial charge in [-0.05, 0) is 76.5 Å². The zero-order valence-electron chi connectivity index (χ0n) is 17.5. The molecule has 162 valence electrons. The summed E-state index contributed by atoms with van der Waals surface area (Å²) in [6.07, 6.45) is 7.82. The van der Waals surface area contributed by atoms with Gasteiger partial charge in [-0.2, -0.15) is 0 Å². The van der Waals surface area contributed by atoms with Crippen molar-refractivity contribution in [1.82, 2.24) is 20.2 Å². The summed E-state index contributed by atoms with van der Waals surface area (Å²) < 4.78 is 20.6. The van der Waals surface area contributed by atoms with Crippen LogP contribution in [0.15, 0.2) is 16.9 Å². The van der Waals surface area contributed by atoms with E-state index >= 15 is 0 Å². The number of fused-ring (bicyclic) bond motifs is 1. The Labute approximate surface area is 176 Å². The van der Waals surface area contributed by atoms with E-state index < -0.39 is 11.4 Å². The topological polar surface area (TPSA) is 70.2 Å². The van der Waals surface area contributed by atoms with Crippen LogP contribution in [0.5, 0.6) is 5.75 Å². The summed E-state index contributed by atoms with van der Waals surface area (Å²) in [5.41, 5.74) is -0.00453. The lowest BCUT2D eigenvalue weighted by Gasteiger charge is -2.39. The standard InChI is InChI=1S/C23H31FN4O2/c24-19-12-18(13-20-22(19)23(29)27-21(26-20)11-15-1-2-15)30-14-16-5-9-28(10-6-16)17-3-7-25-8-4-17/h12-13,15-17,25H,1-11,14H2,(H,26,27,29). The molecule has 0 bridgehead atoms. The van der Waals surface area contributed by atoms with Crippen molar-refractivity contribution in [3.05, 3.63) is 34.1 Å². The van der Waals surface area contributed by atoms with Crippen LogP contribution < -0.4 is 15.6 Å². The monoisotopic (exact) mass is 414 g/mol. The van der Waals surface area contributed by atoms with Crippen molar-refractivity contribution in [3.63, 3.8) is 0 Å². The first-order chi connectivity index (χ1) is 14.7. The molecular formula is C23H31FN4O2. The van der Waals surface area contributed by atoms with Crippen molar-refractivity contribution >= 4 is 10.9 Å². The van der Waals surface area contributed by atoms with Crippen LogP contribution in [0.3, 0.4) is 0 Å². The lowest BCUT2D eigenvalue weighted by molar-refractivity contribution is 0.0918. The van der Waals surface area contributed by atoms with Gasteiger partial charge < -0.3 is 19.9 Å². The first-order valence-electron chi connectivity index (χ1n) is 11.5. The lowest BCUT2D eigenvalue weighted by Crippen LogP contribution is -2.47. The number of nitrogens with zero attached hydrogens (tertiary/aromatic N) is 2. The van der Waals surface area contributed by atoms with Gasteiger partial charge >= 0.3 is 0 Å². The third-order valence-corrected chi connectivity index (χ3v) is 6.92. The summed E-state index contributed by atoms with van der Waals surface area (Å²) in [5.74, 6) is 1.65. The van der Waals surface area contributed by atoms with Crippen molar-refractivity contribution in [2.75, 3.05) is 32.8 Å². The molecule has 1 saturated carbocycles. The molecule has 30 heavy (non-hydrogen) atoms. The SMILES string of the molecule is O=c1[nH]c(CC2CC2)nc2cc(OCC3CCN(C4CCNCC4)CC3)cc(F)c12. The van der Waals surface area contributed by atoms with E-state index in [1.807, 2.05) is 0 Å². The first-order valence-corrected chi connectivity index (χ1v) is 11.5. The fourth-order valence-electron chi connectivity index (χ4n) is 4.89. The maximum atomic E-state index is 14.6. The van der Waals surface area contributed by atoms with Crippen LogP contribution in [0.2, 0.25) is 0 Å². The van der Waals surface area contributed by atoms with Gasteiger partial charge in [0.1, 0.15) is 22.8 Å². The van der Waals surface area contributed by atoms with Crippen LogP contribution >= 0.6 is 0 Å². The molecule has 0 amide bonds. The Morgan fingerprint density at radius 3 is 2.57 bits per heavy atom. The van der Waals surface area contributed by atoms with E-state index in [-0.39, 0.29) is 5.39 Å². The van der Waals surface area contributed by atoms with Gasteiger partial charge in [0.25, 0.3) is 5.56 Å². The third-order valence-electron chi connectivity index (χ3n) is 6.92. The molecule has 2 N–H and O–H groups in total. The first kappa shape index (κ1) is 19.9. The molecule has 3 fully saturated rings. The Kier molecular flexibility index (Phi) is 5.74. The van der Waals surface area contributed by atoms with Crippen LogP contribution in [-0.4, -0.2) is 53.7 Å². The van der Waals surface area contributed by atoms with E-state index in [4.69, 9.17) is 4.74 Å². The summed E-state index contributed by atoms with van der Waals surface area (Å²) in [6, 6.07) is 3.76. The number of hydrogen-bond acceptors (Lipinski definition) is 5. The van der Waals surface area contributed by atoms with Gasteiger partial charge in [-0.3, -0.25) is 4.79 Å². The second-order valence-electron chi connectivity index (χ2n) is 9.23. The molecule has 1 aliphatic carbocycles. The number of benzene rings is 1. The normalized spacial score (nSPS) is 21.9. The van der Waals surface area contributed by atoms with Crippen molar-refractivity contribution in [2.45, 2.75) is 51.0 Å². The number of aromatic amines is 1. The zero-order chi connectivity index (χ0) is 20.5. The van der Waals surface area contributed by atoms with Gasteiger partial charge in [0, 0.05) is 24.6 Å². The highest BCUT2D eigenvalue weighted by molar-refractivity contribution is 5.79. The highest BCUT2D eigenvalue weighted by atomic mass is 19.1. The highest BCUT2D eigenvalue weighted by Gasteiger charge is 2.27. The van der Waals surface area contributed by atoms with Gasteiger partial charge in [-0.1, -0.05) is 0 Å². The fourth-order valence-corrected chi connectivity index (χ4v) is 4.89. The number of halogens is 1. The van der Waals surface area contributed by atoms with E-state index in [2.05, 4.69) is 20.2 Å². The molecular weight excluding hydrogens is 383 g/mol. The summed E-state index contributed by atoms with van der Waals surface area (Å²) >= 11 is 0. The number of nitrogens with one attached hydrogen (secondary N) is 2. The van der Waals surface area contributed by atoms with E-state index in [1.165, 1.54) is 31.7 Å². The van der Waals surface area contributed by atoms with Gasteiger partial charge in [0.05, 0.1) is 12.1 Å². The predicted octanol–water partition coefficient (Wildman–Crippen LogP) is 2.86. The Morgan fingerprint density at radius 1 is 1.07 bits per heavy atom. The second kappa shape index (κ2) is 8.63. The number of hydrogen-bond donors (Lipinski definition) is 2. The average Bonchev–Trinajstić information content (AvgIpc) is 3.57. The van der Waals surface area contributed by atoms with Crippen LogP contribution in [0.25, 0.3) is 10.9 Å². The Hall–Kier alpha value is -1.99. The molecule has 2 aromatic rings. The summed E-state index contributed by atoms with van der Waals surface area (Å²) in [5, 5.41) is 3.46. The quantitative estimate of drug-likeness (QED) is 0.761. The maximum absolute atomic E-state index is 14.6. The predicted molar refractivity (Wildman–Crippen MR) is 114 cm³/mol. The zero-order valence-corrected chi connectivity index (χ0v) is 17.5. The van der Waals surface area contributed by atoms with Crippen molar-refractivity contribution in [3.8, 4) is 5.75 Å². The molecule has 0 atom stereocenters. The number of ether oxygens (including phenoxy) is 1. The molecule has 6 nitrogen and oxygen atoms in total. The molecule has 5 rings (SSSR count). The summed E-state index contributed by atoms with van der Waals surface area (Å²) in [7, 11) is 0. The second-order valence-corrected chi connectivity index (χ2v) is 9.23. The minimum atomic E-state index is -0.560. The molecule has 2 saturated heterocycles. The van der Waals surface area contributed by atoms with Gasteiger partial charge in [0.15, 0.2) is 0 Å². The molecule has 2 aliphatic heterocycles. The molecule has 0 spiro atoms. The van der Waals surface area contributed by atoms with E-state index in [9.17, 15) is 9.18 Å². The summed E-state index contributed by atoms with van der Waals surface area (Å²) in [6.45, 7) is 5.07. The smallest absolute Gasteiger partial charge is 0.261 e. The molecule has 1 aromatic heterocycles. The van der Waals surface area contributed by atoms with E-state index in [0.717, 1.165) is 51.5 Å². The Balaban J connectivity index is 1.21. The Bertz CT molecular complexity index is 944. The average molecular weight is 415 g/mol. The van der Waals surface area contributed by atoms with Crippen molar-refractivity contribution < 1.29 is 9.13 Å². The number of rotatable bonds is 6. The molecule has 7 heteroatoms. The minimum Gasteiger partial charge on any atom is -0.493 e. The van der Waals surface area contributed by atoms with E-state index in [1.54, 1.807) is 6.07 Å². The van der Waals surface area contributed by atoms with Crippen LogP contribution in [0.1, 0.15) is 44.3 Å². The molecule has 0 unspecified atom stereocenters. The van der Waals surface area contributed by atoms with Gasteiger partial charge in [-0.25, -0.2) is 9.37 Å². The Morgan fingerprint density at radius 2 is 1.83 bits per heavy atom. The van der Waals surface area contributed by atoms with Crippen LogP contribution in [0, 0.1) is 17.7 Å². The van der Waals surface area contributed by atoms with Crippen molar-refractivity contribution in [1.29, 1.82) is 0 Å². The lowest BCUT2D eigenvalue weighted by atomic mass is 9.94.